The van der Waals surface area contributed by atoms with Gasteiger partial charge in [0.1, 0.15) is 5.76 Å². The van der Waals surface area contributed by atoms with Gasteiger partial charge in [-0.05, 0) is 23.3 Å². The summed E-state index contributed by atoms with van der Waals surface area (Å²) in [4.78, 5) is 15.6. The minimum absolute atomic E-state index is 0.00721. The normalized spacial score (nSPS) is 15.9. The van der Waals surface area contributed by atoms with Gasteiger partial charge >= 0.3 is 0 Å². The van der Waals surface area contributed by atoms with Crippen molar-refractivity contribution < 1.29 is 13.9 Å². The molecule has 0 unspecified atom stereocenters. The van der Waals surface area contributed by atoms with Crippen LogP contribution < -0.4 is 5.32 Å². The molecule has 1 aliphatic heterocycles. The SMILES string of the molecule is O=C(NC[C@@H](c1ccco1)N1CCOCC1)C(c1ccccc1)c1ccccc1. The van der Waals surface area contributed by atoms with Gasteiger partial charge in [0.05, 0.1) is 31.4 Å². The van der Waals surface area contributed by atoms with Gasteiger partial charge < -0.3 is 14.5 Å². The molecule has 5 nitrogen and oxygen atoms in total. The molecule has 1 amide bonds. The number of nitrogens with one attached hydrogen (secondary N) is 1. The molecule has 0 radical (unpaired) electrons. The Labute approximate surface area is 171 Å². The molecule has 1 aromatic heterocycles. The van der Waals surface area contributed by atoms with E-state index in [-0.39, 0.29) is 17.9 Å². The molecule has 1 N–H and O–H groups in total. The van der Waals surface area contributed by atoms with Crippen molar-refractivity contribution in [3.63, 3.8) is 0 Å². The third-order valence-electron chi connectivity index (χ3n) is 5.36. The lowest BCUT2D eigenvalue weighted by atomic mass is 9.90. The number of nitrogens with zero attached hydrogens (tertiary/aromatic N) is 1. The van der Waals surface area contributed by atoms with E-state index in [9.17, 15) is 4.79 Å². The molecule has 2 aromatic carbocycles. The van der Waals surface area contributed by atoms with Crippen molar-refractivity contribution in [2.45, 2.75) is 12.0 Å². The van der Waals surface area contributed by atoms with E-state index in [4.69, 9.17) is 9.15 Å². The number of carbonyl (C=O) groups is 1. The first-order valence-corrected chi connectivity index (χ1v) is 10.1. The molecule has 2 heterocycles. The Hall–Kier alpha value is -2.89. The Morgan fingerprint density at radius 2 is 1.52 bits per heavy atom. The van der Waals surface area contributed by atoms with Crippen LogP contribution in [0.3, 0.4) is 0 Å². The molecule has 3 aromatic rings. The average Bonchev–Trinajstić information content (AvgIpc) is 3.31. The van der Waals surface area contributed by atoms with Crippen molar-refractivity contribution >= 4 is 5.91 Å². The fraction of sp³-hybridized carbons (Fsp3) is 0.292. The summed E-state index contributed by atoms with van der Waals surface area (Å²) in [6, 6.07) is 23.7. The van der Waals surface area contributed by atoms with E-state index >= 15 is 0 Å². The summed E-state index contributed by atoms with van der Waals surface area (Å²) in [5.41, 5.74) is 1.97. The van der Waals surface area contributed by atoms with E-state index in [0.717, 1.165) is 30.0 Å². The molecule has 29 heavy (non-hydrogen) atoms. The maximum Gasteiger partial charge on any atom is 0.232 e. The summed E-state index contributed by atoms with van der Waals surface area (Å²) in [7, 11) is 0. The van der Waals surface area contributed by atoms with Gasteiger partial charge in [-0.3, -0.25) is 9.69 Å². The van der Waals surface area contributed by atoms with Crippen LogP contribution >= 0.6 is 0 Å². The first-order valence-electron chi connectivity index (χ1n) is 10.1. The van der Waals surface area contributed by atoms with Gasteiger partial charge in [0.2, 0.25) is 5.91 Å². The van der Waals surface area contributed by atoms with Crippen LogP contribution in [0.1, 0.15) is 28.8 Å². The zero-order valence-electron chi connectivity index (χ0n) is 16.4. The van der Waals surface area contributed by atoms with Crippen molar-refractivity contribution in [2.24, 2.45) is 0 Å². The van der Waals surface area contributed by atoms with Crippen LogP contribution in [0.25, 0.3) is 0 Å². The van der Waals surface area contributed by atoms with Crippen LogP contribution in [-0.4, -0.2) is 43.7 Å². The highest BCUT2D eigenvalue weighted by Crippen LogP contribution is 2.26. The van der Waals surface area contributed by atoms with Crippen LogP contribution in [0.2, 0.25) is 0 Å². The first-order chi connectivity index (χ1) is 14.3. The van der Waals surface area contributed by atoms with Gasteiger partial charge in [0.15, 0.2) is 0 Å². The predicted molar refractivity (Wildman–Crippen MR) is 112 cm³/mol. The second-order valence-electron chi connectivity index (χ2n) is 7.18. The summed E-state index contributed by atoms with van der Waals surface area (Å²) in [5, 5.41) is 3.18. The Morgan fingerprint density at radius 3 is 2.07 bits per heavy atom. The molecule has 0 spiro atoms. The van der Waals surface area contributed by atoms with Crippen LogP contribution in [0, 0.1) is 0 Å². The van der Waals surface area contributed by atoms with Gasteiger partial charge in [0.25, 0.3) is 0 Å². The fourth-order valence-corrected chi connectivity index (χ4v) is 3.87. The Morgan fingerprint density at radius 1 is 0.897 bits per heavy atom. The Balaban J connectivity index is 1.53. The highest BCUT2D eigenvalue weighted by molar-refractivity contribution is 5.87. The third kappa shape index (κ3) is 4.75. The lowest BCUT2D eigenvalue weighted by Crippen LogP contribution is -2.44. The topological polar surface area (TPSA) is 54.7 Å². The lowest BCUT2D eigenvalue weighted by molar-refractivity contribution is -0.122. The van der Waals surface area contributed by atoms with Crippen molar-refractivity contribution in [1.82, 2.24) is 10.2 Å². The molecule has 1 atom stereocenters. The molecule has 0 aliphatic carbocycles. The molecular formula is C24H26N2O3. The third-order valence-corrected chi connectivity index (χ3v) is 5.36. The van der Waals surface area contributed by atoms with Gasteiger partial charge in [-0.2, -0.15) is 0 Å². The van der Waals surface area contributed by atoms with Crippen LogP contribution in [0.5, 0.6) is 0 Å². The predicted octanol–water partition coefficient (Wildman–Crippen LogP) is 3.60. The van der Waals surface area contributed by atoms with Crippen molar-refractivity contribution in [1.29, 1.82) is 0 Å². The Bertz CT molecular complexity index is 836. The number of hydrogen-bond donors (Lipinski definition) is 1. The molecule has 0 saturated carbocycles. The fourth-order valence-electron chi connectivity index (χ4n) is 3.87. The maximum absolute atomic E-state index is 13.3. The van der Waals surface area contributed by atoms with E-state index < -0.39 is 0 Å². The number of benzene rings is 2. The van der Waals surface area contributed by atoms with Gasteiger partial charge in [-0.25, -0.2) is 0 Å². The Kier molecular flexibility index (Phi) is 6.39. The number of ether oxygens (including phenoxy) is 1. The van der Waals surface area contributed by atoms with Crippen molar-refractivity contribution in [3.05, 3.63) is 95.9 Å². The van der Waals surface area contributed by atoms with E-state index in [0.29, 0.717) is 19.8 Å². The van der Waals surface area contributed by atoms with Crippen LogP contribution in [-0.2, 0) is 9.53 Å². The van der Waals surface area contributed by atoms with E-state index in [2.05, 4.69) is 10.2 Å². The second kappa shape index (κ2) is 9.54. The zero-order chi connectivity index (χ0) is 19.9. The number of carbonyl (C=O) groups excluding carboxylic acids is 1. The largest absolute Gasteiger partial charge is 0.468 e. The van der Waals surface area contributed by atoms with Gasteiger partial charge in [0, 0.05) is 19.6 Å². The monoisotopic (exact) mass is 390 g/mol. The highest BCUT2D eigenvalue weighted by Gasteiger charge is 2.28. The lowest BCUT2D eigenvalue weighted by Gasteiger charge is -2.33. The number of morpholine rings is 1. The molecule has 1 fully saturated rings. The number of amides is 1. The summed E-state index contributed by atoms with van der Waals surface area (Å²) >= 11 is 0. The quantitative estimate of drug-likeness (QED) is 0.670. The van der Waals surface area contributed by atoms with Crippen molar-refractivity contribution in [3.8, 4) is 0 Å². The van der Waals surface area contributed by atoms with Crippen molar-refractivity contribution in [2.75, 3.05) is 32.8 Å². The number of hydrogen-bond acceptors (Lipinski definition) is 4. The summed E-state index contributed by atoms with van der Waals surface area (Å²) < 4.78 is 11.2. The molecule has 5 heteroatoms. The summed E-state index contributed by atoms with van der Waals surface area (Å²) in [5.74, 6) is 0.509. The highest BCUT2D eigenvalue weighted by atomic mass is 16.5. The van der Waals surface area contributed by atoms with E-state index in [1.54, 1.807) is 6.26 Å². The molecule has 0 bridgehead atoms. The molecule has 1 aliphatic rings. The minimum Gasteiger partial charge on any atom is -0.468 e. The molecule has 1 saturated heterocycles. The van der Waals surface area contributed by atoms with Gasteiger partial charge in [-0.1, -0.05) is 60.7 Å². The van der Waals surface area contributed by atoms with Crippen LogP contribution in [0.15, 0.2) is 83.5 Å². The second-order valence-corrected chi connectivity index (χ2v) is 7.18. The number of furan rings is 1. The molecule has 4 rings (SSSR count). The number of rotatable bonds is 7. The minimum atomic E-state index is -0.348. The maximum atomic E-state index is 13.3. The molecule has 150 valence electrons. The van der Waals surface area contributed by atoms with Crippen LogP contribution in [0.4, 0.5) is 0 Å². The molecular weight excluding hydrogens is 364 g/mol. The first kappa shape index (κ1) is 19.4. The van der Waals surface area contributed by atoms with E-state index in [1.165, 1.54) is 0 Å². The smallest absolute Gasteiger partial charge is 0.232 e. The van der Waals surface area contributed by atoms with E-state index in [1.807, 2.05) is 72.8 Å². The zero-order valence-corrected chi connectivity index (χ0v) is 16.4. The average molecular weight is 390 g/mol. The summed E-state index contributed by atoms with van der Waals surface area (Å²) in [6.07, 6.45) is 1.68. The standard InChI is InChI=1S/C24H26N2O3/c27-24(23(19-8-3-1-4-9-19)20-10-5-2-6-11-20)25-18-21(22-12-7-15-29-22)26-13-16-28-17-14-26/h1-12,15,21,23H,13-14,16-18H2,(H,25,27)/t21-/m0/s1. The van der Waals surface area contributed by atoms with Gasteiger partial charge in [-0.15, -0.1) is 0 Å². The summed E-state index contributed by atoms with van der Waals surface area (Å²) in [6.45, 7) is 3.52.